The van der Waals surface area contributed by atoms with Crippen molar-refractivity contribution in [2.24, 2.45) is 0 Å². The molecule has 1 atom stereocenters. The van der Waals surface area contributed by atoms with E-state index in [1.165, 1.54) is 67.5 Å². The molecule has 2 N–H and O–H groups in total. The molecule has 4 heteroatoms. The highest BCUT2D eigenvalue weighted by Crippen LogP contribution is 2.32. The molecular weight excluding hydrogens is 294 g/mol. The summed E-state index contributed by atoms with van der Waals surface area (Å²) in [5.41, 5.74) is 4.07. The minimum Gasteiger partial charge on any atom is -0.357 e. The van der Waals surface area contributed by atoms with E-state index in [1.807, 2.05) is 6.07 Å². The lowest BCUT2D eigenvalue weighted by atomic mass is 9.97. The van der Waals surface area contributed by atoms with Crippen molar-refractivity contribution in [1.29, 1.82) is 0 Å². The summed E-state index contributed by atoms with van der Waals surface area (Å²) in [5, 5.41) is 5.86. The summed E-state index contributed by atoms with van der Waals surface area (Å²) >= 11 is 6.14. The van der Waals surface area contributed by atoms with E-state index < -0.39 is 0 Å². The van der Waals surface area contributed by atoms with Crippen LogP contribution in [-0.4, -0.2) is 36.1 Å². The maximum absolute atomic E-state index is 6.14. The van der Waals surface area contributed by atoms with Gasteiger partial charge in [-0.15, -0.1) is 0 Å². The Morgan fingerprint density at radius 2 is 2.05 bits per heavy atom. The fraction of sp³-hybridized carbons (Fsp3) is 0.556. The first-order chi connectivity index (χ1) is 10.8. The molecule has 0 bridgehead atoms. The predicted octanol–water partition coefficient (Wildman–Crippen LogP) is 3.88. The van der Waals surface area contributed by atoms with Crippen molar-refractivity contribution in [2.75, 3.05) is 26.2 Å². The molecule has 2 aliphatic heterocycles. The van der Waals surface area contributed by atoms with Crippen LogP contribution in [0.4, 0.5) is 0 Å². The highest BCUT2D eigenvalue weighted by Gasteiger charge is 2.24. The molecule has 2 aromatic rings. The van der Waals surface area contributed by atoms with E-state index in [2.05, 4.69) is 27.3 Å². The average molecular weight is 318 g/mol. The lowest BCUT2D eigenvalue weighted by molar-refractivity contribution is 0.215. The predicted molar refractivity (Wildman–Crippen MR) is 92.7 cm³/mol. The minimum absolute atomic E-state index is 0.455. The van der Waals surface area contributed by atoms with E-state index in [0.29, 0.717) is 6.04 Å². The van der Waals surface area contributed by atoms with Crippen molar-refractivity contribution in [1.82, 2.24) is 15.2 Å². The zero-order valence-electron chi connectivity index (χ0n) is 13.0. The Kier molecular flexibility index (Phi) is 4.12. The number of aromatic amines is 1. The van der Waals surface area contributed by atoms with Crippen LogP contribution in [0.3, 0.4) is 0 Å². The van der Waals surface area contributed by atoms with Gasteiger partial charge in [-0.25, -0.2) is 0 Å². The Morgan fingerprint density at radius 1 is 1.18 bits per heavy atom. The molecule has 1 saturated heterocycles. The first kappa shape index (κ1) is 14.6. The number of aromatic nitrogens is 1. The molecule has 118 valence electrons. The largest absolute Gasteiger partial charge is 0.357 e. The van der Waals surface area contributed by atoms with E-state index in [-0.39, 0.29) is 0 Å². The summed E-state index contributed by atoms with van der Waals surface area (Å²) in [6.07, 6.45) is 6.44. The molecule has 22 heavy (non-hydrogen) atoms. The summed E-state index contributed by atoms with van der Waals surface area (Å²) in [6, 6.07) is 6.68. The summed E-state index contributed by atoms with van der Waals surface area (Å²) in [4.78, 5) is 6.25. The lowest BCUT2D eigenvalue weighted by Gasteiger charge is -2.30. The summed E-state index contributed by atoms with van der Waals surface area (Å²) in [7, 11) is 0. The number of benzene rings is 1. The van der Waals surface area contributed by atoms with Crippen LogP contribution < -0.4 is 5.32 Å². The third-order valence-corrected chi connectivity index (χ3v) is 5.43. The molecule has 0 unspecified atom stereocenters. The second-order valence-electron chi connectivity index (χ2n) is 6.65. The molecule has 0 radical (unpaired) electrons. The first-order valence-corrected chi connectivity index (χ1v) is 8.95. The van der Waals surface area contributed by atoms with Gasteiger partial charge in [0.05, 0.1) is 0 Å². The van der Waals surface area contributed by atoms with Gasteiger partial charge in [0.25, 0.3) is 0 Å². The Balaban J connectivity index is 1.54. The van der Waals surface area contributed by atoms with Crippen LogP contribution >= 0.6 is 11.6 Å². The summed E-state index contributed by atoms with van der Waals surface area (Å²) < 4.78 is 0. The van der Waals surface area contributed by atoms with Crippen LogP contribution in [0.5, 0.6) is 0 Å². The highest BCUT2D eigenvalue weighted by atomic mass is 35.5. The maximum Gasteiger partial charge on any atom is 0.0488 e. The fourth-order valence-electron chi connectivity index (χ4n) is 4.03. The smallest absolute Gasteiger partial charge is 0.0488 e. The molecule has 0 amide bonds. The molecular formula is C18H24ClN3. The number of likely N-dealkylation sites (tertiary alicyclic amines) is 1. The molecule has 3 nitrogen and oxygen atoms in total. The number of hydrogen-bond donors (Lipinski definition) is 2. The summed E-state index contributed by atoms with van der Waals surface area (Å²) in [5.74, 6) is 0. The molecule has 1 aromatic heterocycles. The van der Waals surface area contributed by atoms with Gasteiger partial charge in [0.2, 0.25) is 0 Å². The Hall–Kier alpha value is -1.03. The van der Waals surface area contributed by atoms with Gasteiger partial charge in [0, 0.05) is 27.7 Å². The van der Waals surface area contributed by atoms with Crippen LogP contribution in [0.2, 0.25) is 5.02 Å². The Morgan fingerprint density at radius 3 is 2.91 bits per heavy atom. The zero-order chi connectivity index (χ0) is 14.9. The number of nitrogens with zero attached hydrogens (tertiary/aromatic N) is 1. The van der Waals surface area contributed by atoms with Crippen LogP contribution in [0, 0.1) is 0 Å². The number of halogens is 1. The van der Waals surface area contributed by atoms with Crippen LogP contribution in [0.15, 0.2) is 18.2 Å². The van der Waals surface area contributed by atoms with E-state index in [1.54, 1.807) is 0 Å². The standard InChI is InChI=1S/C18H24ClN3/c19-13-4-5-14-15-6-8-20-16(18(15)21-17(14)12-13)7-11-22-9-2-1-3-10-22/h4-5,12,16,20-21H,1-3,6-11H2/t16-/m1/s1. The molecule has 2 aliphatic rings. The van der Waals surface area contributed by atoms with Gasteiger partial charge in [0.15, 0.2) is 0 Å². The number of piperidine rings is 1. The molecule has 0 aliphatic carbocycles. The topological polar surface area (TPSA) is 31.1 Å². The van der Waals surface area contributed by atoms with Crippen molar-refractivity contribution in [3.63, 3.8) is 0 Å². The van der Waals surface area contributed by atoms with Crippen molar-refractivity contribution >= 4 is 22.5 Å². The molecule has 1 aromatic carbocycles. The number of rotatable bonds is 3. The Labute approximate surface area is 137 Å². The SMILES string of the molecule is Clc1ccc2c3c([nH]c2c1)[C@@H](CCN1CCCCC1)NCC3. The third-order valence-electron chi connectivity index (χ3n) is 5.20. The van der Waals surface area contributed by atoms with Crippen LogP contribution in [0.25, 0.3) is 10.9 Å². The number of H-pyrrole nitrogens is 1. The van der Waals surface area contributed by atoms with Gasteiger partial charge in [-0.05, 0) is 69.6 Å². The van der Waals surface area contributed by atoms with Gasteiger partial charge in [-0.1, -0.05) is 24.1 Å². The maximum atomic E-state index is 6.14. The quantitative estimate of drug-likeness (QED) is 0.900. The molecule has 3 heterocycles. The molecule has 4 rings (SSSR count). The molecule has 0 spiro atoms. The Bertz CT molecular complexity index is 658. The minimum atomic E-state index is 0.455. The van der Waals surface area contributed by atoms with E-state index in [4.69, 9.17) is 11.6 Å². The lowest BCUT2D eigenvalue weighted by Crippen LogP contribution is -2.35. The van der Waals surface area contributed by atoms with Crippen LogP contribution in [0.1, 0.15) is 43.0 Å². The summed E-state index contributed by atoms with van der Waals surface area (Å²) in [6.45, 7) is 4.84. The number of nitrogens with one attached hydrogen (secondary N) is 2. The molecule has 1 fully saturated rings. The van der Waals surface area contributed by atoms with Crippen molar-refractivity contribution in [2.45, 2.75) is 38.1 Å². The van der Waals surface area contributed by atoms with Crippen molar-refractivity contribution in [3.05, 3.63) is 34.5 Å². The third kappa shape index (κ3) is 2.78. The van der Waals surface area contributed by atoms with Gasteiger partial charge in [-0.3, -0.25) is 0 Å². The monoisotopic (exact) mass is 317 g/mol. The van der Waals surface area contributed by atoms with Gasteiger partial charge < -0.3 is 15.2 Å². The molecule has 0 saturated carbocycles. The van der Waals surface area contributed by atoms with Crippen molar-refractivity contribution < 1.29 is 0 Å². The second kappa shape index (κ2) is 6.23. The van der Waals surface area contributed by atoms with E-state index >= 15 is 0 Å². The van der Waals surface area contributed by atoms with Gasteiger partial charge >= 0.3 is 0 Å². The number of fused-ring (bicyclic) bond motifs is 3. The highest BCUT2D eigenvalue weighted by molar-refractivity contribution is 6.31. The van der Waals surface area contributed by atoms with Crippen molar-refractivity contribution in [3.8, 4) is 0 Å². The fourth-order valence-corrected chi connectivity index (χ4v) is 4.20. The zero-order valence-corrected chi connectivity index (χ0v) is 13.8. The number of hydrogen-bond acceptors (Lipinski definition) is 2. The van der Waals surface area contributed by atoms with E-state index in [0.717, 1.165) is 18.0 Å². The normalized spacial score (nSPS) is 22.9. The first-order valence-electron chi connectivity index (χ1n) is 8.57. The van der Waals surface area contributed by atoms with E-state index in [9.17, 15) is 0 Å². The van der Waals surface area contributed by atoms with Gasteiger partial charge in [0.1, 0.15) is 0 Å². The second-order valence-corrected chi connectivity index (χ2v) is 7.09. The van der Waals surface area contributed by atoms with Crippen LogP contribution in [-0.2, 0) is 6.42 Å². The van der Waals surface area contributed by atoms with Gasteiger partial charge in [-0.2, -0.15) is 0 Å². The average Bonchev–Trinajstić information content (AvgIpc) is 2.92.